The second kappa shape index (κ2) is 5.55. The number of aliphatic hydroxyl groups is 1. The van der Waals surface area contributed by atoms with Gasteiger partial charge in [-0.05, 0) is 20.3 Å². The molecule has 104 valence electrons. The molecule has 2 fully saturated rings. The summed E-state index contributed by atoms with van der Waals surface area (Å²) in [5, 5.41) is 12.5. The highest BCUT2D eigenvalue weighted by Crippen LogP contribution is 2.23. The van der Waals surface area contributed by atoms with Gasteiger partial charge in [0.1, 0.15) is 0 Å². The predicted molar refractivity (Wildman–Crippen MR) is 70.3 cm³/mol. The second-order valence-corrected chi connectivity index (χ2v) is 5.88. The quantitative estimate of drug-likeness (QED) is 0.714. The number of hydrogen-bond acceptors (Lipinski definition) is 4. The average molecular weight is 255 g/mol. The minimum absolute atomic E-state index is 0.192. The van der Waals surface area contributed by atoms with E-state index in [1.54, 1.807) is 0 Å². The minimum Gasteiger partial charge on any atom is -0.396 e. The van der Waals surface area contributed by atoms with Gasteiger partial charge in [-0.1, -0.05) is 0 Å². The maximum atomic E-state index is 12.6. The Hall–Kier alpha value is -0.650. The molecule has 2 rings (SSSR count). The number of rotatable bonds is 3. The van der Waals surface area contributed by atoms with Crippen molar-refractivity contribution in [1.82, 2.24) is 15.1 Å². The molecule has 18 heavy (non-hydrogen) atoms. The van der Waals surface area contributed by atoms with Gasteiger partial charge < -0.3 is 15.3 Å². The standard InChI is InChI=1S/C13H25N3O2/c1-13(2,16-7-4-14-5-8-16)12(18)15-6-3-11(9-15)10-17/h11,14,17H,3-10H2,1-2H3. The van der Waals surface area contributed by atoms with Crippen LogP contribution in [0.2, 0.25) is 0 Å². The van der Waals surface area contributed by atoms with Crippen LogP contribution in [0.5, 0.6) is 0 Å². The molecule has 0 saturated carbocycles. The fraction of sp³-hybridized carbons (Fsp3) is 0.923. The van der Waals surface area contributed by atoms with E-state index < -0.39 is 5.54 Å². The molecule has 0 aromatic rings. The van der Waals surface area contributed by atoms with Crippen LogP contribution in [0, 0.1) is 5.92 Å². The van der Waals surface area contributed by atoms with Gasteiger partial charge in [0, 0.05) is 51.8 Å². The van der Waals surface area contributed by atoms with Gasteiger partial charge in [-0.15, -0.1) is 0 Å². The molecule has 1 unspecified atom stereocenters. The van der Waals surface area contributed by atoms with Gasteiger partial charge in [0.25, 0.3) is 0 Å². The largest absolute Gasteiger partial charge is 0.396 e. The molecule has 0 aromatic heterocycles. The number of piperazine rings is 1. The highest BCUT2D eigenvalue weighted by molar-refractivity contribution is 5.85. The summed E-state index contributed by atoms with van der Waals surface area (Å²) in [7, 11) is 0. The molecule has 0 aliphatic carbocycles. The first-order valence-electron chi connectivity index (χ1n) is 6.91. The molecule has 2 heterocycles. The molecule has 0 bridgehead atoms. The Morgan fingerprint density at radius 3 is 2.56 bits per heavy atom. The van der Waals surface area contributed by atoms with Crippen LogP contribution >= 0.6 is 0 Å². The van der Waals surface area contributed by atoms with Crippen LogP contribution in [-0.2, 0) is 4.79 Å². The van der Waals surface area contributed by atoms with Gasteiger partial charge >= 0.3 is 0 Å². The van der Waals surface area contributed by atoms with Crippen molar-refractivity contribution in [1.29, 1.82) is 0 Å². The molecular formula is C13H25N3O2. The molecule has 2 aliphatic rings. The summed E-state index contributed by atoms with van der Waals surface area (Å²) < 4.78 is 0. The van der Waals surface area contributed by atoms with E-state index in [1.807, 2.05) is 18.7 Å². The Morgan fingerprint density at radius 2 is 2.00 bits per heavy atom. The minimum atomic E-state index is -0.424. The number of aliphatic hydroxyl groups excluding tert-OH is 1. The molecule has 2 N–H and O–H groups in total. The average Bonchev–Trinajstić information content (AvgIpc) is 2.87. The lowest BCUT2D eigenvalue weighted by atomic mass is 9.99. The number of nitrogens with one attached hydrogen (secondary N) is 1. The smallest absolute Gasteiger partial charge is 0.242 e. The Balaban J connectivity index is 1.98. The summed E-state index contributed by atoms with van der Waals surface area (Å²) in [6.07, 6.45) is 0.930. The molecule has 0 spiro atoms. The van der Waals surface area contributed by atoms with Gasteiger partial charge in [0.2, 0.25) is 5.91 Å². The van der Waals surface area contributed by atoms with E-state index in [0.29, 0.717) is 6.54 Å². The summed E-state index contributed by atoms with van der Waals surface area (Å²) in [4.78, 5) is 16.8. The van der Waals surface area contributed by atoms with Crippen molar-refractivity contribution in [3.8, 4) is 0 Å². The lowest BCUT2D eigenvalue weighted by Crippen LogP contribution is -2.60. The van der Waals surface area contributed by atoms with Crippen LogP contribution in [0.25, 0.3) is 0 Å². The second-order valence-electron chi connectivity index (χ2n) is 5.88. The van der Waals surface area contributed by atoms with E-state index in [9.17, 15) is 4.79 Å². The van der Waals surface area contributed by atoms with Crippen LogP contribution in [0.15, 0.2) is 0 Å². The van der Waals surface area contributed by atoms with E-state index in [0.717, 1.165) is 39.1 Å². The Bertz CT molecular complexity index is 301. The molecule has 5 nitrogen and oxygen atoms in total. The Kier molecular flexibility index (Phi) is 4.25. The Morgan fingerprint density at radius 1 is 1.33 bits per heavy atom. The number of hydrogen-bond donors (Lipinski definition) is 2. The molecule has 0 radical (unpaired) electrons. The van der Waals surface area contributed by atoms with Crippen molar-refractivity contribution in [3.63, 3.8) is 0 Å². The summed E-state index contributed by atoms with van der Waals surface area (Å²) in [6, 6.07) is 0. The number of likely N-dealkylation sites (tertiary alicyclic amines) is 1. The number of carbonyl (C=O) groups is 1. The van der Waals surface area contributed by atoms with E-state index in [2.05, 4.69) is 10.2 Å². The third kappa shape index (κ3) is 2.68. The van der Waals surface area contributed by atoms with E-state index in [4.69, 9.17) is 5.11 Å². The number of amides is 1. The van der Waals surface area contributed by atoms with Crippen molar-refractivity contribution >= 4 is 5.91 Å². The summed E-state index contributed by atoms with van der Waals surface area (Å²) in [6.45, 7) is 9.50. The number of carbonyl (C=O) groups excluding carboxylic acids is 1. The normalized spacial score (nSPS) is 26.6. The molecule has 2 saturated heterocycles. The predicted octanol–water partition coefficient (Wildman–Crippen LogP) is -0.489. The van der Waals surface area contributed by atoms with Gasteiger partial charge in [-0.2, -0.15) is 0 Å². The zero-order chi connectivity index (χ0) is 13.2. The molecule has 5 heteroatoms. The van der Waals surface area contributed by atoms with Crippen LogP contribution in [-0.4, -0.2) is 72.2 Å². The monoisotopic (exact) mass is 255 g/mol. The fourth-order valence-electron chi connectivity index (χ4n) is 2.91. The third-order valence-electron chi connectivity index (χ3n) is 4.26. The number of nitrogens with zero attached hydrogens (tertiary/aromatic N) is 2. The topological polar surface area (TPSA) is 55.8 Å². The van der Waals surface area contributed by atoms with E-state index >= 15 is 0 Å². The highest BCUT2D eigenvalue weighted by atomic mass is 16.3. The molecule has 1 amide bonds. The summed E-state index contributed by atoms with van der Waals surface area (Å²) in [5.41, 5.74) is -0.424. The first-order chi connectivity index (χ1) is 8.55. The lowest BCUT2D eigenvalue weighted by molar-refractivity contribution is -0.142. The maximum Gasteiger partial charge on any atom is 0.242 e. The fourth-order valence-corrected chi connectivity index (χ4v) is 2.91. The Labute approximate surface area is 109 Å². The first-order valence-corrected chi connectivity index (χ1v) is 6.91. The molecule has 1 atom stereocenters. The van der Waals surface area contributed by atoms with E-state index in [1.165, 1.54) is 0 Å². The third-order valence-corrected chi connectivity index (χ3v) is 4.26. The van der Waals surface area contributed by atoms with Crippen molar-refractivity contribution in [2.24, 2.45) is 5.92 Å². The van der Waals surface area contributed by atoms with Gasteiger partial charge in [0.05, 0.1) is 5.54 Å². The van der Waals surface area contributed by atoms with Crippen LogP contribution < -0.4 is 5.32 Å². The summed E-state index contributed by atoms with van der Waals surface area (Å²) >= 11 is 0. The van der Waals surface area contributed by atoms with Crippen LogP contribution in [0.3, 0.4) is 0 Å². The van der Waals surface area contributed by atoms with Gasteiger partial charge in [0.15, 0.2) is 0 Å². The van der Waals surface area contributed by atoms with Crippen molar-refractivity contribution < 1.29 is 9.90 Å². The highest BCUT2D eigenvalue weighted by Gasteiger charge is 2.40. The molecular weight excluding hydrogens is 230 g/mol. The van der Waals surface area contributed by atoms with Gasteiger partial charge in [-0.25, -0.2) is 0 Å². The SMILES string of the molecule is CC(C)(C(=O)N1CCC(CO)C1)N1CCNCC1. The summed E-state index contributed by atoms with van der Waals surface area (Å²) in [5.74, 6) is 0.480. The van der Waals surface area contributed by atoms with Crippen molar-refractivity contribution in [2.45, 2.75) is 25.8 Å². The zero-order valence-corrected chi connectivity index (χ0v) is 11.5. The zero-order valence-electron chi connectivity index (χ0n) is 11.5. The molecule has 0 aromatic carbocycles. The van der Waals surface area contributed by atoms with Crippen LogP contribution in [0.1, 0.15) is 20.3 Å². The van der Waals surface area contributed by atoms with Crippen LogP contribution in [0.4, 0.5) is 0 Å². The first kappa shape index (κ1) is 13.8. The molecule has 2 aliphatic heterocycles. The van der Waals surface area contributed by atoms with Gasteiger partial charge in [-0.3, -0.25) is 9.69 Å². The van der Waals surface area contributed by atoms with Crippen molar-refractivity contribution in [3.05, 3.63) is 0 Å². The van der Waals surface area contributed by atoms with E-state index in [-0.39, 0.29) is 18.4 Å². The lowest BCUT2D eigenvalue weighted by Gasteiger charge is -2.41. The maximum absolute atomic E-state index is 12.6. The van der Waals surface area contributed by atoms with Crippen molar-refractivity contribution in [2.75, 3.05) is 45.9 Å².